The number of carbonyl (C=O) groups excluding carboxylic acids is 2. The van der Waals surface area contributed by atoms with Crippen LogP contribution in [0.2, 0.25) is 0 Å². The molecule has 3 N–H and O–H groups in total. The number of aliphatic imine (C=N–C) groups is 1. The van der Waals surface area contributed by atoms with Crippen molar-refractivity contribution in [2.24, 2.45) is 10.9 Å². The van der Waals surface area contributed by atoms with Crippen molar-refractivity contribution in [3.8, 4) is 0 Å². The Balaban J connectivity index is 0.00000261. The second-order valence-electron chi connectivity index (χ2n) is 6.88. The predicted molar refractivity (Wildman–Crippen MR) is 113 cm³/mol. The molecule has 2 fully saturated rings. The molecule has 0 spiro atoms. The molecule has 27 heavy (non-hydrogen) atoms. The van der Waals surface area contributed by atoms with Crippen LogP contribution < -0.4 is 16.0 Å². The van der Waals surface area contributed by atoms with E-state index < -0.39 is 11.6 Å². The van der Waals surface area contributed by atoms with E-state index in [2.05, 4.69) is 32.9 Å². The van der Waals surface area contributed by atoms with Crippen LogP contribution in [0.25, 0.3) is 0 Å². The highest BCUT2D eigenvalue weighted by molar-refractivity contribution is 14.0. The molecule has 1 atom stereocenters. The molecule has 3 rings (SSSR count). The van der Waals surface area contributed by atoms with Gasteiger partial charge in [-0.2, -0.15) is 5.10 Å². The zero-order chi connectivity index (χ0) is 18.6. The number of rotatable bonds is 5. The minimum Gasteiger partial charge on any atom is -0.357 e. The molecule has 10 heteroatoms. The summed E-state index contributed by atoms with van der Waals surface area (Å²) in [6, 6.07) is 1.51. The molecule has 2 saturated heterocycles. The number of carbonyl (C=O) groups is 2. The first-order chi connectivity index (χ1) is 12.5. The van der Waals surface area contributed by atoms with Crippen LogP contribution in [-0.2, 0) is 11.3 Å². The number of guanidine groups is 1. The number of likely N-dealkylation sites (tertiary alicyclic amines) is 1. The molecular weight excluding hydrogens is 461 g/mol. The van der Waals surface area contributed by atoms with Crippen molar-refractivity contribution >= 4 is 41.9 Å². The highest BCUT2D eigenvalue weighted by Gasteiger charge is 2.48. The number of hydrogen-bond donors (Lipinski definition) is 3. The average molecular weight is 489 g/mol. The van der Waals surface area contributed by atoms with Crippen molar-refractivity contribution in [3.63, 3.8) is 0 Å². The summed E-state index contributed by atoms with van der Waals surface area (Å²) >= 11 is 0. The molecule has 0 radical (unpaired) electrons. The van der Waals surface area contributed by atoms with Gasteiger partial charge in [-0.05, 0) is 38.7 Å². The van der Waals surface area contributed by atoms with Crippen molar-refractivity contribution in [2.45, 2.75) is 38.8 Å². The lowest BCUT2D eigenvalue weighted by molar-refractivity contribution is -0.125. The number of urea groups is 1. The van der Waals surface area contributed by atoms with Crippen LogP contribution in [0.1, 0.15) is 26.7 Å². The van der Waals surface area contributed by atoms with E-state index in [-0.39, 0.29) is 35.8 Å². The van der Waals surface area contributed by atoms with E-state index in [9.17, 15) is 9.59 Å². The summed E-state index contributed by atoms with van der Waals surface area (Å²) in [6.45, 7) is 7.67. The first kappa shape index (κ1) is 21.5. The fourth-order valence-corrected chi connectivity index (χ4v) is 3.63. The van der Waals surface area contributed by atoms with Crippen molar-refractivity contribution in [1.82, 2.24) is 30.6 Å². The number of imide groups is 1. The van der Waals surface area contributed by atoms with Crippen LogP contribution in [0.3, 0.4) is 0 Å². The molecule has 0 aromatic carbocycles. The summed E-state index contributed by atoms with van der Waals surface area (Å²) in [5, 5.41) is 12.7. The Bertz CT molecular complexity index is 671. The first-order valence-corrected chi connectivity index (χ1v) is 9.17. The van der Waals surface area contributed by atoms with Crippen molar-refractivity contribution in [1.29, 1.82) is 0 Å². The minimum absolute atomic E-state index is 0. The standard InChI is InChI=1S/C17H27N7O2.HI/c1-3-18-15(19-8-12-24-9-4-7-20-24)23-10-5-13(6-11-23)17(2)14(25)21-16(26)22-17;/h4,7,9,13H,3,5-6,8,10-12H2,1-2H3,(H,18,19)(H2,21,22,25,26);1H. The van der Waals surface area contributed by atoms with Gasteiger partial charge in [0.1, 0.15) is 5.54 Å². The number of hydrogen-bond acceptors (Lipinski definition) is 4. The maximum absolute atomic E-state index is 12.1. The maximum atomic E-state index is 12.1. The van der Waals surface area contributed by atoms with Crippen LogP contribution in [-0.4, -0.2) is 64.3 Å². The number of piperidine rings is 1. The number of nitrogens with zero attached hydrogens (tertiary/aromatic N) is 4. The average Bonchev–Trinajstić information content (AvgIpc) is 3.23. The van der Waals surface area contributed by atoms with E-state index in [0.717, 1.165) is 45.0 Å². The SMILES string of the molecule is CCNC(=NCCn1cccn1)N1CCC(C2(C)NC(=O)NC2=O)CC1.I. The van der Waals surface area contributed by atoms with Crippen LogP contribution >= 0.6 is 24.0 Å². The zero-order valence-electron chi connectivity index (χ0n) is 15.8. The Morgan fingerprint density at radius 3 is 2.70 bits per heavy atom. The fraction of sp³-hybridized carbons (Fsp3) is 0.647. The molecule has 2 aliphatic heterocycles. The number of halogens is 1. The molecule has 3 heterocycles. The quantitative estimate of drug-likeness (QED) is 0.246. The topological polar surface area (TPSA) is 104 Å². The summed E-state index contributed by atoms with van der Waals surface area (Å²) in [6.07, 6.45) is 5.34. The molecule has 150 valence electrons. The largest absolute Gasteiger partial charge is 0.357 e. The van der Waals surface area contributed by atoms with Crippen molar-refractivity contribution in [3.05, 3.63) is 18.5 Å². The first-order valence-electron chi connectivity index (χ1n) is 9.17. The van der Waals surface area contributed by atoms with E-state index in [1.54, 1.807) is 6.20 Å². The lowest BCUT2D eigenvalue weighted by atomic mass is 9.79. The minimum atomic E-state index is -0.807. The molecule has 0 aliphatic carbocycles. The highest BCUT2D eigenvalue weighted by Crippen LogP contribution is 2.30. The maximum Gasteiger partial charge on any atom is 0.322 e. The lowest BCUT2D eigenvalue weighted by Gasteiger charge is -2.39. The molecule has 0 saturated carbocycles. The fourth-order valence-electron chi connectivity index (χ4n) is 3.63. The van der Waals surface area contributed by atoms with Crippen LogP contribution in [0.5, 0.6) is 0 Å². The van der Waals surface area contributed by atoms with E-state index in [1.165, 1.54) is 0 Å². The van der Waals surface area contributed by atoms with Crippen LogP contribution in [0.4, 0.5) is 4.79 Å². The molecule has 1 aromatic rings. The van der Waals surface area contributed by atoms with Gasteiger partial charge in [0, 0.05) is 32.0 Å². The Hall–Kier alpha value is -1.85. The molecule has 1 unspecified atom stereocenters. The molecule has 2 aliphatic rings. The van der Waals surface area contributed by atoms with Gasteiger partial charge in [0.05, 0.1) is 13.1 Å². The predicted octanol–water partition coefficient (Wildman–Crippen LogP) is 0.777. The van der Waals surface area contributed by atoms with Crippen LogP contribution in [0.15, 0.2) is 23.5 Å². The van der Waals surface area contributed by atoms with Crippen LogP contribution in [0, 0.1) is 5.92 Å². The summed E-state index contributed by atoms with van der Waals surface area (Å²) in [4.78, 5) is 30.5. The van der Waals surface area contributed by atoms with Gasteiger partial charge >= 0.3 is 6.03 Å². The normalized spacial score (nSPS) is 23.6. The third-order valence-corrected chi connectivity index (χ3v) is 5.17. The van der Waals surface area contributed by atoms with Gasteiger partial charge in [-0.25, -0.2) is 4.79 Å². The Morgan fingerprint density at radius 1 is 1.41 bits per heavy atom. The molecule has 0 bridgehead atoms. The van der Waals surface area contributed by atoms with Gasteiger partial charge in [-0.15, -0.1) is 24.0 Å². The molecule has 1 aromatic heterocycles. The van der Waals surface area contributed by atoms with Gasteiger partial charge in [-0.1, -0.05) is 0 Å². The summed E-state index contributed by atoms with van der Waals surface area (Å²) < 4.78 is 1.86. The Morgan fingerprint density at radius 2 is 2.15 bits per heavy atom. The van der Waals surface area contributed by atoms with Gasteiger partial charge < -0.3 is 15.5 Å². The van der Waals surface area contributed by atoms with Crippen molar-refractivity contribution < 1.29 is 9.59 Å². The van der Waals surface area contributed by atoms with E-state index >= 15 is 0 Å². The Labute approximate surface area is 176 Å². The number of nitrogens with one attached hydrogen (secondary N) is 3. The van der Waals surface area contributed by atoms with Crippen molar-refractivity contribution in [2.75, 3.05) is 26.2 Å². The smallest absolute Gasteiger partial charge is 0.322 e. The third-order valence-electron chi connectivity index (χ3n) is 5.17. The van der Waals surface area contributed by atoms with Gasteiger partial charge in [0.2, 0.25) is 0 Å². The summed E-state index contributed by atoms with van der Waals surface area (Å²) in [7, 11) is 0. The highest BCUT2D eigenvalue weighted by atomic mass is 127. The van der Waals surface area contributed by atoms with Gasteiger partial charge in [0.25, 0.3) is 5.91 Å². The molecule has 9 nitrogen and oxygen atoms in total. The number of amides is 3. The lowest BCUT2D eigenvalue weighted by Crippen LogP contribution is -2.55. The van der Waals surface area contributed by atoms with Gasteiger partial charge in [-0.3, -0.25) is 19.8 Å². The van der Waals surface area contributed by atoms with Gasteiger partial charge in [0.15, 0.2) is 5.96 Å². The second-order valence-corrected chi connectivity index (χ2v) is 6.88. The molecular formula is C17H28IN7O2. The van der Waals surface area contributed by atoms with E-state index in [0.29, 0.717) is 6.54 Å². The zero-order valence-corrected chi connectivity index (χ0v) is 18.1. The monoisotopic (exact) mass is 489 g/mol. The summed E-state index contributed by atoms with van der Waals surface area (Å²) in [5.74, 6) is 0.793. The number of aromatic nitrogens is 2. The van der Waals surface area contributed by atoms with E-state index in [4.69, 9.17) is 4.99 Å². The molecule has 3 amide bonds. The Kier molecular flexibility index (Phi) is 7.45. The second kappa shape index (κ2) is 9.38. The third kappa shape index (κ3) is 4.90. The summed E-state index contributed by atoms with van der Waals surface area (Å²) in [5.41, 5.74) is -0.807. The van der Waals surface area contributed by atoms with E-state index in [1.807, 2.05) is 23.9 Å².